The molecule has 6 heteroatoms. The normalized spacial score (nSPS) is 20.4. The largest absolute Gasteiger partial charge is 0.492 e. The molecule has 0 radical (unpaired) electrons. The topological polar surface area (TPSA) is 53.6 Å². The van der Waals surface area contributed by atoms with E-state index in [1.807, 2.05) is 19.0 Å². The zero-order chi connectivity index (χ0) is 22.6. The van der Waals surface area contributed by atoms with Gasteiger partial charge in [0.2, 0.25) is 0 Å². The van der Waals surface area contributed by atoms with Crippen LogP contribution in [-0.2, 0) is 22.8 Å². The summed E-state index contributed by atoms with van der Waals surface area (Å²) in [5.41, 5.74) is 5.76. The van der Waals surface area contributed by atoms with Crippen LogP contribution < -0.4 is 14.8 Å². The van der Waals surface area contributed by atoms with Crippen molar-refractivity contribution in [2.24, 2.45) is 0 Å². The van der Waals surface area contributed by atoms with Crippen LogP contribution in [0.15, 0.2) is 42.5 Å². The number of nitrogens with zero attached hydrogens (tertiary/aromatic N) is 1. The molecule has 5 nitrogen and oxygen atoms in total. The zero-order valence-corrected chi connectivity index (χ0v) is 20.5. The van der Waals surface area contributed by atoms with Crippen molar-refractivity contribution in [3.05, 3.63) is 64.7 Å². The summed E-state index contributed by atoms with van der Waals surface area (Å²) in [5.74, 6) is 1.53. The summed E-state index contributed by atoms with van der Waals surface area (Å²) in [6, 6.07) is 16.0. The summed E-state index contributed by atoms with van der Waals surface area (Å²) in [6.45, 7) is 5.07. The minimum atomic E-state index is -1.02. The van der Waals surface area contributed by atoms with Gasteiger partial charge in [-0.1, -0.05) is 42.3 Å². The Balaban J connectivity index is 1.43. The molecule has 0 saturated heterocycles. The molecule has 4 rings (SSSR count). The standard InChI is InChI=1S/C26H37N3O2S/c1-20-5-8-22(9-6-20)26(12-4-13-26)25-24-19-23(10-7-21(24)11-14-27-25)31-17-15-28-32(30)18-16-29(2)3/h5-10,19,25,27-28H,4,11-18H2,1-3H3. The van der Waals surface area contributed by atoms with E-state index in [2.05, 4.69) is 59.4 Å². The van der Waals surface area contributed by atoms with Crippen LogP contribution in [0.1, 0.15) is 47.6 Å². The number of rotatable bonds is 10. The number of ether oxygens (including phenoxy) is 1. The fraction of sp³-hybridized carbons (Fsp3) is 0.538. The molecule has 0 spiro atoms. The molecule has 1 saturated carbocycles. The van der Waals surface area contributed by atoms with E-state index in [0.29, 0.717) is 24.9 Å². The predicted octanol–water partition coefficient (Wildman–Crippen LogP) is 3.50. The van der Waals surface area contributed by atoms with Gasteiger partial charge in [-0.05, 0) is 75.6 Å². The van der Waals surface area contributed by atoms with E-state index in [-0.39, 0.29) is 5.41 Å². The van der Waals surface area contributed by atoms with Gasteiger partial charge in [-0.3, -0.25) is 0 Å². The van der Waals surface area contributed by atoms with Gasteiger partial charge in [0.05, 0.1) is 16.7 Å². The molecule has 2 aromatic rings. The molecule has 1 aliphatic carbocycles. The van der Waals surface area contributed by atoms with Crippen LogP contribution in [0.2, 0.25) is 0 Å². The van der Waals surface area contributed by atoms with Gasteiger partial charge >= 0.3 is 0 Å². The third-order valence-corrected chi connectivity index (χ3v) is 8.03. The number of benzene rings is 2. The summed E-state index contributed by atoms with van der Waals surface area (Å²) >= 11 is 0. The van der Waals surface area contributed by atoms with Gasteiger partial charge in [0.25, 0.3) is 0 Å². The molecule has 32 heavy (non-hydrogen) atoms. The quantitative estimate of drug-likeness (QED) is 0.539. The Labute approximate surface area is 195 Å². The molecular weight excluding hydrogens is 418 g/mol. The molecule has 0 bridgehead atoms. The molecule has 1 fully saturated rings. The average Bonchev–Trinajstić information content (AvgIpc) is 2.76. The van der Waals surface area contributed by atoms with Crippen molar-refractivity contribution in [3.63, 3.8) is 0 Å². The molecule has 2 atom stereocenters. The van der Waals surface area contributed by atoms with Crippen LogP contribution in [-0.4, -0.2) is 55.2 Å². The van der Waals surface area contributed by atoms with Crippen molar-refractivity contribution >= 4 is 11.0 Å². The van der Waals surface area contributed by atoms with Crippen molar-refractivity contribution < 1.29 is 8.95 Å². The van der Waals surface area contributed by atoms with E-state index in [9.17, 15) is 4.21 Å². The number of hydrogen-bond donors (Lipinski definition) is 2. The Kier molecular flexibility index (Phi) is 7.66. The third-order valence-electron chi connectivity index (χ3n) is 6.95. The zero-order valence-electron chi connectivity index (χ0n) is 19.7. The fourth-order valence-electron chi connectivity index (χ4n) is 4.96. The van der Waals surface area contributed by atoms with E-state index >= 15 is 0 Å². The Bertz CT molecular complexity index is 925. The van der Waals surface area contributed by atoms with Crippen molar-refractivity contribution in [2.45, 2.75) is 44.1 Å². The van der Waals surface area contributed by atoms with E-state index in [4.69, 9.17) is 4.74 Å². The summed E-state index contributed by atoms with van der Waals surface area (Å²) in [5, 5.41) is 3.85. The van der Waals surface area contributed by atoms with Crippen LogP contribution in [0.5, 0.6) is 5.75 Å². The SMILES string of the molecule is Cc1ccc(C2(C3NCCc4ccc(OCCNS(=O)CCN(C)C)cc43)CCC2)cc1. The third kappa shape index (κ3) is 5.25. The van der Waals surface area contributed by atoms with E-state index < -0.39 is 11.0 Å². The monoisotopic (exact) mass is 455 g/mol. The highest BCUT2D eigenvalue weighted by molar-refractivity contribution is 7.83. The lowest BCUT2D eigenvalue weighted by atomic mass is 9.58. The molecule has 0 amide bonds. The summed E-state index contributed by atoms with van der Waals surface area (Å²) in [6.07, 6.45) is 4.79. The van der Waals surface area contributed by atoms with Gasteiger partial charge in [-0.2, -0.15) is 0 Å². The van der Waals surface area contributed by atoms with Crippen molar-refractivity contribution in [2.75, 3.05) is 46.1 Å². The van der Waals surface area contributed by atoms with Gasteiger partial charge in [0.15, 0.2) is 0 Å². The van der Waals surface area contributed by atoms with Gasteiger partial charge < -0.3 is 15.0 Å². The maximum atomic E-state index is 12.0. The smallest absolute Gasteiger partial charge is 0.119 e. The number of hydrogen-bond acceptors (Lipinski definition) is 4. The second kappa shape index (κ2) is 10.5. The van der Waals surface area contributed by atoms with E-state index in [1.54, 1.807) is 0 Å². The molecule has 2 aromatic carbocycles. The lowest BCUT2D eigenvalue weighted by Crippen LogP contribution is -2.49. The fourth-order valence-corrected chi connectivity index (χ4v) is 5.95. The van der Waals surface area contributed by atoms with Crippen LogP contribution in [0.25, 0.3) is 0 Å². The maximum Gasteiger partial charge on any atom is 0.119 e. The lowest BCUT2D eigenvalue weighted by molar-refractivity contribution is 0.164. The van der Waals surface area contributed by atoms with E-state index in [1.165, 1.54) is 41.5 Å². The predicted molar refractivity (Wildman–Crippen MR) is 133 cm³/mol. The second-order valence-electron chi connectivity index (χ2n) is 9.47. The molecule has 0 aromatic heterocycles. The lowest BCUT2D eigenvalue weighted by Gasteiger charge is -2.50. The first-order valence-corrected chi connectivity index (χ1v) is 13.1. The first-order valence-electron chi connectivity index (χ1n) is 11.8. The highest BCUT2D eigenvalue weighted by atomic mass is 32.2. The van der Waals surface area contributed by atoms with Gasteiger partial charge in [-0.15, -0.1) is 0 Å². The maximum absolute atomic E-state index is 12.0. The average molecular weight is 456 g/mol. The second-order valence-corrected chi connectivity index (χ2v) is 10.9. The molecule has 2 aliphatic rings. The van der Waals surface area contributed by atoms with Crippen LogP contribution in [0.4, 0.5) is 0 Å². The summed E-state index contributed by atoms with van der Waals surface area (Å²) in [7, 11) is 2.97. The highest BCUT2D eigenvalue weighted by Gasteiger charge is 2.47. The molecule has 174 valence electrons. The van der Waals surface area contributed by atoms with E-state index in [0.717, 1.165) is 25.3 Å². The first-order chi connectivity index (χ1) is 15.5. The number of aryl methyl sites for hydroxylation is 1. The minimum absolute atomic E-state index is 0.173. The molecule has 2 unspecified atom stereocenters. The first kappa shape index (κ1) is 23.4. The minimum Gasteiger partial charge on any atom is -0.492 e. The Morgan fingerprint density at radius 3 is 2.66 bits per heavy atom. The van der Waals surface area contributed by atoms with Gasteiger partial charge in [-0.25, -0.2) is 8.93 Å². The summed E-state index contributed by atoms with van der Waals surface area (Å²) in [4.78, 5) is 2.04. The van der Waals surface area contributed by atoms with Gasteiger partial charge in [0.1, 0.15) is 12.4 Å². The van der Waals surface area contributed by atoms with Crippen LogP contribution >= 0.6 is 0 Å². The van der Waals surface area contributed by atoms with Crippen molar-refractivity contribution in [1.82, 2.24) is 14.9 Å². The van der Waals surface area contributed by atoms with Crippen molar-refractivity contribution in [3.8, 4) is 5.75 Å². The molecule has 1 aliphatic heterocycles. The summed E-state index contributed by atoms with van der Waals surface area (Å²) < 4.78 is 21.1. The molecule has 2 N–H and O–H groups in total. The Morgan fingerprint density at radius 2 is 1.97 bits per heavy atom. The van der Waals surface area contributed by atoms with Gasteiger partial charge in [0, 0.05) is 24.5 Å². The Hall–Kier alpha value is -1.73. The number of fused-ring (bicyclic) bond motifs is 1. The molecule has 1 heterocycles. The highest BCUT2D eigenvalue weighted by Crippen LogP contribution is 2.53. The van der Waals surface area contributed by atoms with Crippen molar-refractivity contribution in [1.29, 1.82) is 0 Å². The number of nitrogens with one attached hydrogen (secondary N) is 2. The Morgan fingerprint density at radius 1 is 1.19 bits per heavy atom. The molecular formula is C26H37N3O2S. The van der Waals surface area contributed by atoms with Crippen LogP contribution in [0.3, 0.4) is 0 Å². The van der Waals surface area contributed by atoms with Crippen LogP contribution in [0, 0.1) is 6.92 Å².